The fraction of sp³-hybridized carbons (Fsp3) is 0.0500. The van der Waals surface area contributed by atoms with Crippen LogP contribution in [0.1, 0.15) is 11.1 Å². The largest absolute Gasteiger partial charge is 0.514 e. The van der Waals surface area contributed by atoms with Crippen LogP contribution in [-0.4, -0.2) is 6.16 Å². The third-order valence-corrected chi connectivity index (χ3v) is 3.47. The van der Waals surface area contributed by atoms with E-state index in [1.807, 2.05) is 60.7 Å². The van der Waals surface area contributed by atoms with Crippen molar-refractivity contribution >= 4 is 23.0 Å². The first-order valence-electron chi connectivity index (χ1n) is 7.29. The van der Waals surface area contributed by atoms with E-state index in [-0.39, 0.29) is 6.61 Å². The summed E-state index contributed by atoms with van der Waals surface area (Å²) in [5, 5.41) is 2.05. The van der Waals surface area contributed by atoms with Crippen molar-refractivity contribution in [2.75, 3.05) is 0 Å². The van der Waals surface area contributed by atoms with Gasteiger partial charge in [-0.15, -0.1) is 0 Å². The van der Waals surface area contributed by atoms with Gasteiger partial charge >= 0.3 is 6.16 Å². The Hall–Kier alpha value is -3.07. The van der Waals surface area contributed by atoms with E-state index >= 15 is 0 Å². The van der Waals surface area contributed by atoms with Crippen molar-refractivity contribution in [3.05, 3.63) is 84.4 Å². The minimum atomic E-state index is -0.712. The summed E-state index contributed by atoms with van der Waals surface area (Å²) in [7, 11) is 0. The van der Waals surface area contributed by atoms with Crippen LogP contribution in [0.4, 0.5) is 4.79 Å². The summed E-state index contributed by atoms with van der Waals surface area (Å²) in [6.45, 7) is 3.94. The summed E-state index contributed by atoms with van der Waals surface area (Å²) in [6, 6.07) is 20.9. The Balaban J connectivity index is 1.66. The molecule has 3 aromatic rings. The second-order valence-corrected chi connectivity index (χ2v) is 5.10. The van der Waals surface area contributed by atoms with Gasteiger partial charge in [0.05, 0.1) is 0 Å². The van der Waals surface area contributed by atoms with Gasteiger partial charge in [-0.25, -0.2) is 4.79 Å². The lowest BCUT2D eigenvalue weighted by Gasteiger charge is -2.07. The molecule has 0 atom stereocenters. The van der Waals surface area contributed by atoms with Crippen LogP contribution in [0, 0.1) is 0 Å². The van der Waals surface area contributed by atoms with Gasteiger partial charge in [0.25, 0.3) is 0 Å². The lowest BCUT2D eigenvalue weighted by atomic mass is 10.1. The Kier molecular flexibility index (Phi) is 4.39. The average molecular weight is 304 g/mol. The molecule has 0 bridgehead atoms. The molecule has 3 aromatic carbocycles. The van der Waals surface area contributed by atoms with Gasteiger partial charge in [-0.1, -0.05) is 61.2 Å². The van der Waals surface area contributed by atoms with Crippen LogP contribution in [0.15, 0.2) is 73.3 Å². The van der Waals surface area contributed by atoms with Crippen molar-refractivity contribution in [2.45, 2.75) is 6.61 Å². The van der Waals surface area contributed by atoms with Gasteiger partial charge in [0, 0.05) is 0 Å². The van der Waals surface area contributed by atoms with Gasteiger partial charge in [0.2, 0.25) is 0 Å². The summed E-state index contributed by atoms with van der Waals surface area (Å²) >= 11 is 0. The van der Waals surface area contributed by atoms with Crippen molar-refractivity contribution in [3.63, 3.8) is 0 Å². The summed E-state index contributed by atoms with van der Waals surface area (Å²) in [5.41, 5.74) is 1.97. The Morgan fingerprint density at radius 2 is 1.70 bits per heavy atom. The van der Waals surface area contributed by atoms with Crippen LogP contribution < -0.4 is 4.74 Å². The molecule has 0 saturated heterocycles. The number of hydrogen-bond donors (Lipinski definition) is 0. The number of ether oxygens (including phenoxy) is 2. The highest BCUT2D eigenvalue weighted by Gasteiger charge is 2.07. The standard InChI is InChI=1S/C20H16O3/c1-2-15-8-9-18-13-19(11-10-17(18)12-15)23-20(21)22-14-16-6-4-3-5-7-16/h2-13H,1,14H2. The predicted molar refractivity (Wildman–Crippen MR) is 91.3 cm³/mol. The molecule has 114 valence electrons. The van der Waals surface area contributed by atoms with Crippen molar-refractivity contribution in [1.82, 2.24) is 0 Å². The zero-order chi connectivity index (χ0) is 16.1. The molecule has 3 heteroatoms. The van der Waals surface area contributed by atoms with Gasteiger partial charge < -0.3 is 9.47 Å². The SMILES string of the molecule is C=Cc1ccc2cc(OC(=O)OCc3ccccc3)ccc2c1. The average Bonchev–Trinajstić information content (AvgIpc) is 2.60. The quantitative estimate of drug-likeness (QED) is 0.491. The van der Waals surface area contributed by atoms with E-state index in [1.54, 1.807) is 12.1 Å². The Morgan fingerprint density at radius 3 is 2.48 bits per heavy atom. The predicted octanol–water partition coefficient (Wildman–Crippen LogP) is 5.20. The smallest absolute Gasteiger partial charge is 0.429 e. The molecule has 0 aromatic heterocycles. The molecule has 0 saturated carbocycles. The van der Waals surface area contributed by atoms with Crippen LogP contribution in [0.2, 0.25) is 0 Å². The number of hydrogen-bond acceptors (Lipinski definition) is 3. The Morgan fingerprint density at radius 1 is 0.957 bits per heavy atom. The van der Waals surface area contributed by atoms with E-state index in [9.17, 15) is 4.79 Å². The van der Waals surface area contributed by atoms with Crippen LogP contribution in [-0.2, 0) is 11.3 Å². The molecular formula is C20H16O3. The molecule has 0 aliphatic carbocycles. The minimum Gasteiger partial charge on any atom is -0.429 e. The highest BCUT2D eigenvalue weighted by Crippen LogP contribution is 2.23. The van der Waals surface area contributed by atoms with Crippen LogP contribution in [0.5, 0.6) is 5.75 Å². The molecule has 3 rings (SSSR count). The first-order valence-corrected chi connectivity index (χ1v) is 7.29. The fourth-order valence-corrected chi connectivity index (χ4v) is 2.27. The van der Waals surface area contributed by atoms with Crippen molar-refractivity contribution in [2.24, 2.45) is 0 Å². The van der Waals surface area contributed by atoms with Gasteiger partial charge in [-0.3, -0.25) is 0 Å². The normalized spacial score (nSPS) is 10.3. The van der Waals surface area contributed by atoms with Gasteiger partial charge in [-0.05, 0) is 40.1 Å². The molecule has 0 unspecified atom stereocenters. The maximum Gasteiger partial charge on any atom is 0.514 e. The Bertz CT molecular complexity index is 838. The van der Waals surface area contributed by atoms with E-state index in [2.05, 4.69) is 6.58 Å². The molecule has 3 nitrogen and oxygen atoms in total. The molecule has 0 radical (unpaired) electrons. The van der Waals surface area contributed by atoms with E-state index in [4.69, 9.17) is 9.47 Å². The van der Waals surface area contributed by atoms with Crippen LogP contribution in [0.25, 0.3) is 16.8 Å². The number of carbonyl (C=O) groups is 1. The molecule has 0 aliphatic heterocycles. The monoisotopic (exact) mass is 304 g/mol. The summed E-state index contributed by atoms with van der Waals surface area (Å²) < 4.78 is 10.3. The first kappa shape index (κ1) is 14.9. The second kappa shape index (κ2) is 6.79. The highest BCUT2D eigenvalue weighted by atomic mass is 16.7. The number of benzene rings is 3. The third kappa shape index (κ3) is 3.77. The van der Waals surface area contributed by atoms with Crippen LogP contribution in [0.3, 0.4) is 0 Å². The molecular weight excluding hydrogens is 288 g/mol. The lowest BCUT2D eigenvalue weighted by Crippen LogP contribution is -2.10. The molecule has 0 amide bonds. The van der Waals surface area contributed by atoms with Gasteiger partial charge in [0.15, 0.2) is 0 Å². The summed E-state index contributed by atoms with van der Waals surface area (Å²) in [5.74, 6) is 0.460. The summed E-state index contributed by atoms with van der Waals surface area (Å²) in [4.78, 5) is 11.8. The summed E-state index contributed by atoms with van der Waals surface area (Å²) in [6.07, 6.45) is 1.08. The maximum atomic E-state index is 11.8. The number of rotatable bonds is 4. The second-order valence-electron chi connectivity index (χ2n) is 5.10. The lowest BCUT2D eigenvalue weighted by molar-refractivity contribution is 0.0928. The fourth-order valence-electron chi connectivity index (χ4n) is 2.27. The molecule has 0 aliphatic rings. The molecule has 23 heavy (non-hydrogen) atoms. The van der Waals surface area contributed by atoms with Crippen LogP contribution >= 0.6 is 0 Å². The number of carbonyl (C=O) groups excluding carboxylic acids is 1. The van der Waals surface area contributed by atoms with Gasteiger partial charge in [0.1, 0.15) is 12.4 Å². The minimum absolute atomic E-state index is 0.190. The molecule has 0 spiro atoms. The molecule has 0 heterocycles. The molecule has 0 N–H and O–H groups in total. The van der Waals surface area contributed by atoms with E-state index in [1.165, 1.54) is 0 Å². The van der Waals surface area contributed by atoms with E-state index < -0.39 is 6.16 Å². The van der Waals surface area contributed by atoms with Crippen molar-refractivity contribution in [3.8, 4) is 5.75 Å². The zero-order valence-corrected chi connectivity index (χ0v) is 12.6. The van der Waals surface area contributed by atoms with Crippen molar-refractivity contribution in [1.29, 1.82) is 0 Å². The zero-order valence-electron chi connectivity index (χ0n) is 12.6. The maximum absolute atomic E-state index is 11.8. The van der Waals surface area contributed by atoms with E-state index in [0.717, 1.165) is 21.9 Å². The van der Waals surface area contributed by atoms with Crippen molar-refractivity contribution < 1.29 is 14.3 Å². The highest BCUT2D eigenvalue weighted by molar-refractivity contribution is 5.86. The topological polar surface area (TPSA) is 35.5 Å². The third-order valence-electron chi connectivity index (χ3n) is 3.47. The van der Waals surface area contributed by atoms with E-state index in [0.29, 0.717) is 5.75 Å². The first-order chi connectivity index (χ1) is 11.2. The molecule has 0 fully saturated rings. The van der Waals surface area contributed by atoms with Gasteiger partial charge in [-0.2, -0.15) is 0 Å². The number of fused-ring (bicyclic) bond motifs is 1. The Labute approximate surface area is 134 Å².